The fourth-order valence-electron chi connectivity index (χ4n) is 2.85. The molecule has 4 heteroatoms. The van der Waals surface area contributed by atoms with E-state index in [1.54, 1.807) is 0 Å². The van der Waals surface area contributed by atoms with Gasteiger partial charge < -0.3 is 0 Å². The van der Waals surface area contributed by atoms with Gasteiger partial charge in [0, 0.05) is 45.5 Å². The Kier molecular flexibility index (Phi) is 4.68. The van der Waals surface area contributed by atoms with Crippen molar-refractivity contribution in [3.05, 3.63) is 53.9 Å². The fraction of sp³-hybridized carbons (Fsp3) is 0.471. The van der Waals surface area contributed by atoms with Crippen LogP contribution < -0.4 is 0 Å². The number of aryl methyl sites for hydroxylation is 1. The molecule has 1 aromatic carbocycles. The van der Waals surface area contributed by atoms with Gasteiger partial charge in [-0.2, -0.15) is 5.10 Å². The molecule has 1 aliphatic heterocycles. The van der Waals surface area contributed by atoms with Crippen molar-refractivity contribution in [1.29, 1.82) is 0 Å². The molecule has 1 fully saturated rings. The normalized spacial score (nSPS) is 17.2. The van der Waals surface area contributed by atoms with Gasteiger partial charge in [-0.3, -0.25) is 14.5 Å². The zero-order chi connectivity index (χ0) is 14.5. The number of piperazine rings is 1. The summed E-state index contributed by atoms with van der Waals surface area (Å²) >= 11 is 0. The lowest BCUT2D eigenvalue weighted by atomic mass is 10.2. The van der Waals surface area contributed by atoms with Crippen molar-refractivity contribution in [2.45, 2.75) is 20.0 Å². The Morgan fingerprint density at radius 1 is 0.952 bits per heavy atom. The predicted octanol–water partition coefficient (Wildman–Crippen LogP) is 2.01. The van der Waals surface area contributed by atoms with E-state index in [1.807, 2.05) is 10.9 Å². The van der Waals surface area contributed by atoms with Crippen LogP contribution in [-0.2, 0) is 13.1 Å². The smallest absolute Gasteiger partial charge is 0.0536 e. The Morgan fingerprint density at radius 3 is 2.33 bits per heavy atom. The van der Waals surface area contributed by atoms with Crippen LogP contribution in [0.4, 0.5) is 0 Å². The van der Waals surface area contributed by atoms with Crippen LogP contribution >= 0.6 is 0 Å². The summed E-state index contributed by atoms with van der Waals surface area (Å²) in [5.74, 6) is 0. The van der Waals surface area contributed by atoms with E-state index in [2.05, 4.69) is 58.4 Å². The van der Waals surface area contributed by atoms with Gasteiger partial charge in [0.05, 0.1) is 12.7 Å². The number of aromatic nitrogens is 2. The zero-order valence-electron chi connectivity index (χ0n) is 12.8. The molecule has 0 amide bonds. The van der Waals surface area contributed by atoms with Crippen molar-refractivity contribution in [1.82, 2.24) is 19.6 Å². The summed E-state index contributed by atoms with van der Waals surface area (Å²) in [5.41, 5.74) is 2.65. The minimum Gasteiger partial charge on any atom is -0.299 e. The minimum atomic E-state index is 0.993. The Morgan fingerprint density at radius 2 is 1.67 bits per heavy atom. The van der Waals surface area contributed by atoms with Gasteiger partial charge in [0.25, 0.3) is 0 Å². The van der Waals surface area contributed by atoms with E-state index in [4.69, 9.17) is 0 Å². The van der Waals surface area contributed by atoms with Gasteiger partial charge in [0.15, 0.2) is 0 Å². The third-order valence-corrected chi connectivity index (χ3v) is 4.12. The van der Waals surface area contributed by atoms with E-state index in [9.17, 15) is 0 Å². The van der Waals surface area contributed by atoms with Crippen LogP contribution in [0.3, 0.4) is 0 Å². The van der Waals surface area contributed by atoms with Crippen molar-refractivity contribution in [3.63, 3.8) is 0 Å². The molecule has 0 radical (unpaired) electrons. The van der Waals surface area contributed by atoms with Crippen LogP contribution in [0, 0.1) is 6.92 Å². The van der Waals surface area contributed by atoms with E-state index in [0.717, 1.165) is 45.8 Å². The molecular weight excluding hydrogens is 260 g/mol. The number of nitrogens with zero attached hydrogens (tertiary/aromatic N) is 4. The molecule has 0 bridgehead atoms. The first-order valence-electron chi connectivity index (χ1n) is 7.77. The van der Waals surface area contributed by atoms with Crippen LogP contribution in [0.15, 0.2) is 42.7 Å². The van der Waals surface area contributed by atoms with Crippen molar-refractivity contribution in [2.75, 3.05) is 32.7 Å². The number of rotatable bonds is 5. The lowest BCUT2D eigenvalue weighted by molar-refractivity contribution is 0.123. The minimum absolute atomic E-state index is 0.993. The summed E-state index contributed by atoms with van der Waals surface area (Å²) in [5, 5.41) is 4.35. The summed E-state index contributed by atoms with van der Waals surface area (Å²) in [6, 6.07) is 10.8. The Labute approximate surface area is 127 Å². The van der Waals surface area contributed by atoms with Crippen molar-refractivity contribution < 1.29 is 0 Å². The molecule has 0 saturated carbocycles. The highest BCUT2D eigenvalue weighted by Crippen LogP contribution is 2.08. The molecule has 0 N–H and O–H groups in total. The maximum Gasteiger partial charge on any atom is 0.0536 e. The second-order valence-corrected chi connectivity index (χ2v) is 5.88. The molecule has 0 atom stereocenters. The molecule has 0 spiro atoms. The second kappa shape index (κ2) is 6.87. The molecule has 1 aromatic heterocycles. The highest BCUT2D eigenvalue weighted by atomic mass is 15.3. The first kappa shape index (κ1) is 14.3. The average molecular weight is 284 g/mol. The summed E-state index contributed by atoms with van der Waals surface area (Å²) in [6.07, 6.45) is 4.05. The van der Waals surface area contributed by atoms with E-state index < -0.39 is 0 Å². The largest absolute Gasteiger partial charge is 0.299 e. The van der Waals surface area contributed by atoms with Gasteiger partial charge in [0.1, 0.15) is 0 Å². The zero-order valence-corrected chi connectivity index (χ0v) is 12.8. The highest BCUT2D eigenvalue weighted by Gasteiger charge is 2.16. The maximum atomic E-state index is 4.35. The summed E-state index contributed by atoms with van der Waals surface area (Å²) in [4.78, 5) is 5.09. The highest BCUT2D eigenvalue weighted by molar-refractivity contribution is 5.14. The monoisotopic (exact) mass is 284 g/mol. The van der Waals surface area contributed by atoms with Gasteiger partial charge in [-0.15, -0.1) is 0 Å². The molecule has 2 aromatic rings. The van der Waals surface area contributed by atoms with E-state index in [0.29, 0.717) is 0 Å². The number of hydrogen-bond donors (Lipinski definition) is 0. The first-order valence-corrected chi connectivity index (χ1v) is 7.77. The van der Waals surface area contributed by atoms with Gasteiger partial charge >= 0.3 is 0 Å². The first-order chi connectivity index (χ1) is 10.3. The summed E-state index contributed by atoms with van der Waals surface area (Å²) < 4.78 is 2.05. The van der Waals surface area contributed by atoms with Crippen LogP contribution in [0.2, 0.25) is 0 Å². The maximum absolute atomic E-state index is 4.35. The standard InChI is InChI=1S/C17H24N4/c1-16-13-18-21(14-16)12-11-19-7-9-20(10-8-19)15-17-5-3-2-4-6-17/h2-6,13-14H,7-12,15H2,1H3. The molecule has 1 aliphatic rings. The van der Waals surface area contributed by atoms with Gasteiger partial charge in [-0.25, -0.2) is 0 Å². The predicted molar refractivity (Wildman–Crippen MR) is 85.1 cm³/mol. The Hall–Kier alpha value is -1.65. The molecule has 112 valence electrons. The van der Waals surface area contributed by atoms with Crippen LogP contribution in [0.25, 0.3) is 0 Å². The second-order valence-electron chi connectivity index (χ2n) is 5.88. The van der Waals surface area contributed by atoms with Crippen molar-refractivity contribution >= 4 is 0 Å². The molecular formula is C17H24N4. The van der Waals surface area contributed by atoms with Gasteiger partial charge in [-0.1, -0.05) is 30.3 Å². The van der Waals surface area contributed by atoms with E-state index in [-0.39, 0.29) is 0 Å². The Balaban J connectivity index is 1.40. The molecule has 0 aliphatic carbocycles. The SMILES string of the molecule is Cc1cnn(CCN2CCN(Cc3ccccc3)CC2)c1. The lowest BCUT2D eigenvalue weighted by Gasteiger charge is -2.34. The lowest BCUT2D eigenvalue weighted by Crippen LogP contribution is -2.46. The van der Waals surface area contributed by atoms with Crippen LogP contribution in [0.5, 0.6) is 0 Å². The van der Waals surface area contributed by atoms with Crippen LogP contribution in [0.1, 0.15) is 11.1 Å². The molecule has 4 nitrogen and oxygen atoms in total. The average Bonchev–Trinajstić information content (AvgIpc) is 2.93. The quantitative estimate of drug-likeness (QED) is 0.839. The molecule has 3 rings (SSSR count). The fourth-order valence-corrected chi connectivity index (χ4v) is 2.85. The third-order valence-electron chi connectivity index (χ3n) is 4.12. The Bertz CT molecular complexity index is 541. The molecule has 21 heavy (non-hydrogen) atoms. The van der Waals surface area contributed by atoms with E-state index in [1.165, 1.54) is 11.1 Å². The molecule has 2 heterocycles. The van der Waals surface area contributed by atoms with Crippen LogP contribution in [-0.4, -0.2) is 52.3 Å². The molecule has 1 saturated heterocycles. The molecule has 0 unspecified atom stereocenters. The summed E-state index contributed by atoms with van der Waals surface area (Å²) in [7, 11) is 0. The number of benzene rings is 1. The van der Waals surface area contributed by atoms with E-state index >= 15 is 0 Å². The number of hydrogen-bond acceptors (Lipinski definition) is 3. The van der Waals surface area contributed by atoms with Crippen molar-refractivity contribution in [3.8, 4) is 0 Å². The topological polar surface area (TPSA) is 24.3 Å². The van der Waals surface area contributed by atoms with Crippen molar-refractivity contribution in [2.24, 2.45) is 0 Å². The third kappa shape index (κ3) is 4.16. The van der Waals surface area contributed by atoms with Gasteiger partial charge in [-0.05, 0) is 18.1 Å². The van der Waals surface area contributed by atoms with Gasteiger partial charge in [0.2, 0.25) is 0 Å². The summed E-state index contributed by atoms with van der Waals surface area (Å²) in [6.45, 7) is 9.89.